The van der Waals surface area contributed by atoms with Crippen LogP contribution in [0.1, 0.15) is 11.1 Å². The van der Waals surface area contributed by atoms with Crippen molar-refractivity contribution < 1.29 is 9.72 Å². The van der Waals surface area contributed by atoms with Crippen molar-refractivity contribution in [3.8, 4) is 0 Å². The van der Waals surface area contributed by atoms with Gasteiger partial charge in [-0.2, -0.15) is 5.10 Å². The molecule has 0 unspecified atom stereocenters. The maximum absolute atomic E-state index is 11.9. The van der Waals surface area contributed by atoms with E-state index in [1.807, 2.05) is 24.3 Å². The van der Waals surface area contributed by atoms with Gasteiger partial charge in [-0.1, -0.05) is 36.0 Å². The molecule has 0 aliphatic heterocycles. The number of carbonyl (C=O) groups excluding carboxylic acids is 1. The molecule has 0 saturated heterocycles. The third kappa shape index (κ3) is 4.44. The van der Waals surface area contributed by atoms with Crippen LogP contribution in [0.5, 0.6) is 0 Å². The summed E-state index contributed by atoms with van der Waals surface area (Å²) in [4.78, 5) is 26.8. The zero-order valence-corrected chi connectivity index (χ0v) is 15.3. The maximum atomic E-state index is 11.9. The van der Waals surface area contributed by atoms with E-state index in [9.17, 15) is 14.9 Å². The number of carbonyl (C=O) groups is 1. The van der Waals surface area contributed by atoms with Gasteiger partial charge in [0.15, 0.2) is 4.34 Å². The highest BCUT2D eigenvalue weighted by Gasteiger charge is 2.10. The van der Waals surface area contributed by atoms with E-state index in [4.69, 9.17) is 0 Å². The molecule has 0 spiro atoms. The molecule has 9 heteroatoms. The van der Waals surface area contributed by atoms with Crippen molar-refractivity contribution in [3.63, 3.8) is 0 Å². The largest absolute Gasteiger partial charge is 0.272 e. The standard InChI is InChI=1S/C17H14N4O3S2/c1-11-6-7-12(8-14(11)21(23)24)9-18-20-16(22)10-25-17-19-13-4-2-3-5-15(13)26-17/h2-9H,10H2,1H3,(H,20,22)/b18-9-. The minimum Gasteiger partial charge on any atom is -0.272 e. The first-order chi connectivity index (χ1) is 12.5. The molecule has 0 aliphatic carbocycles. The van der Waals surface area contributed by atoms with Crippen LogP contribution in [0.15, 0.2) is 51.9 Å². The summed E-state index contributed by atoms with van der Waals surface area (Å²) in [7, 11) is 0. The van der Waals surface area contributed by atoms with E-state index < -0.39 is 4.92 Å². The number of thioether (sulfide) groups is 1. The number of fused-ring (bicyclic) bond motifs is 1. The molecule has 1 aromatic heterocycles. The molecule has 3 rings (SSSR count). The lowest BCUT2D eigenvalue weighted by molar-refractivity contribution is -0.385. The number of thiazole rings is 1. The summed E-state index contributed by atoms with van der Waals surface area (Å²) in [5.74, 6) is -0.0855. The van der Waals surface area contributed by atoms with Gasteiger partial charge in [-0.3, -0.25) is 14.9 Å². The number of nitrogens with zero attached hydrogens (tertiary/aromatic N) is 3. The molecule has 3 aromatic rings. The number of rotatable bonds is 6. The summed E-state index contributed by atoms with van der Waals surface area (Å²) in [6.45, 7) is 1.67. The van der Waals surface area contributed by atoms with Crippen LogP contribution in [0.2, 0.25) is 0 Å². The van der Waals surface area contributed by atoms with Gasteiger partial charge in [0.2, 0.25) is 0 Å². The van der Waals surface area contributed by atoms with Gasteiger partial charge in [-0.25, -0.2) is 10.4 Å². The topological polar surface area (TPSA) is 97.5 Å². The van der Waals surface area contributed by atoms with Crippen LogP contribution in [-0.2, 0) is 4.79 Å². The number of para-hydroxylation sites is 1. The lowest BCUT2D eigenvalue weighted by atomic mass is 10.1. The Bertz CT molecular complexity index is 968. The number of nitro benzene ring substituents is 1. The number of hydrogen-bond donors (Lipinski definition) is 1. The molecule has 7 nitrogen and oxygen atoms in total. The summed E-state index contributed by atoms with van der Waals surface area (Å²) in [5, 5.41) is 14.8. The SMILES string of the molecule is Cc1ccc(/C=N\NC(=O)CSc2nc3ccccc3s2)cc1[N+](=O)[O-]. The molecule has 1 N–H and O–H groups in total. The average molecular weight is 386 g/mol. The Hall–Kier alpha value is -2.78. The summed E-state index contributed by atoms with van der Waals surface area (Å²) < 4.78 is 1.90. The molecule has 1 heterocycles. The van der Waals surface area contributed by atoms with Gasteiger partial charge in [0.25, 0.3) is 11.6 Å². The Morgan fingerprint density at radius 2 is 2.19 bits per heavy atom. The second-order valence-electron chi connectivity index (χ2n) is 5.33. The fraction of sp³-hybridized carbons (Fsp3) is 0.118. The fourth-order valence-corrected chi connectivity index (χ4v) is 4.02. The van der Waals surface area contributed by atoms with E-state index in [1.54, 1.807) is 19.1 Å². The molecule has 1 amide bonds. The van der Waals surface area contributed by atoms with E-state index in [2.05, 4.69) is 15.5 Å². The molecular weight excluding hydrogens is 372 g/mol. The van der Waals surface area contributed by atoms with E-state index in [0.717, 1.165) is 14.6 Å². The van der Waals surface area contributed by atoms with Crippen molar-refractivity contribution in [2.45, 2.75) is 11.3 Å². The summed E-state index contributed by atoms with van der Waals surface area (Å²) in [5.41, 5.74) is 4.47. The number of aromatic nitrogens is 1. The van der Waals surface area contributed by atoms with Crippen LogP contribution >= 0.6 is 23.1 Å². The summed E-state index contributed by atoms with van der Waals surface area (Å²) in [6, 6.07) is 12.6. The van der Waals surface area contributed by atoms with Crippen molar-refractivity contribution in [3.05, 3.63) is 63.7 Å². The smallest absolute Gasteiger partial charge is 0.272 e. The van der Waals surface area contributed by atoms with Crippen LogP contribution in [0, 0.1) is 17.0 Å². The summed E-state index contributed by atoms with van der Waals surface area (Å²) >= 11 is 2.88. The normalized spacial score (nSPS) is 11.1. The quantitative estimate of drug-likeness (QED) is 0.301. The van der Waals surface area contributed by atoms with Crippen molar-refractivity contribution in [1.29, 1.82) is 0 Å². The molecule has 0 atom stereocenters. The van der Waals surface area contributed by atoms with Gasteiger partial charge >= 0.3 is 0 Å². The number of nitro groups is 1. The minimum atomic E-state index is -0.445. The lowest BCUT2D eigenvalue weighted by Crippen LogP contribution is -2.19. The van der Waals surface area contributed by atoms with Gasteiger partial charge in [-0.15, -0.1) is 11.3 Å². The lowest BCUT2D eigenvalue weighted by Gasteiger charge is -1.99. The highest BCUT2D eigenvalue weighted by atomic mass is 32.2. The number of hydrogen-bond acceptors (Lipinski definition) is 7. The average Bonchev–Trinajstić information content (AvgIpc) is 3.04. The second-order valence-corrected chi connectivity index (χ2v) is 7.59. The monoisotopic (exact) mass is 386 g/mol. The number of aryl methyl sites for hydroxylation is 1. The van der Waals surface area contributed by atoms with E-state index in [0.29, 0.717) is 11.1 Å². The maximum Gasteiger partial charge on any atom is 0.272 e. The predicted octanol–water partition coefficient (Wildman–Crippen LogP) is 3.76. The Kier molecular flexibility index (Phi) is 5.59. The van der Waals surface area contributed by atoms with Gasteiger partial charge in [-0.05, 0) is 19.1 Å². The zero-order valence-electron chi connectivity index (χ0n) is 13.7. The molecular formula is C17H14N4O3S2. The van der Waals surface area contributed by atoms with Crippen LogP contribution in [0.4, 0.5) is 5.69 Å². The molecule has 132 valence electrons. The van der Waals surface area contributed by atoms with E-state index in [1.165, 1.54) is 35.4 Å². The second kappa shape index (κ2) is 8.07. The third-order valence-electron chi connectivity index (χ3n) is 3.43. The molecule has 0 radical (unpaired) electrons. The minimum absolute atomic E-state index is 0.0201. The molecule has 0 bridgehead atoms. The number of benzene rings is 2. The van der Waals surface area contributed by atoms with Gasteiger partial charge in [0.1, 0.15) is 0 Å². The first-order valence-electron chi connectivity index (χ1n) is 7.58. The number of hydrazone groups is 1. The van der Waals surface area contributed by atoms with Crippen molar-refractivity contribution in [2.24, 2.45) is 5.10 Å². The number of nitrogens with one attached hydrogen (secondary N) is 1. The highest BCUT2D eigenvalue weighted by Crippen LogP contribution is 2.29. The van der Waals surface area contributed by atoms with Crippen molar-refractivity contribution >= 4 is 51.1 Å². The fourth-order valence-electron chi connectivity index (χ4n) is 2.15. The van der Waals surface area contributed by atoms with Crippen molar-refractivity contribution in [1.82, 2.24) is 10.4 Å². The molecule has 0 aliphatic rings. The van der Waals surface area contributed by atoms with Gasteiger partial charge in [0, 0.05) is 17.2 Å². The van der Waals surface area contributed by atoms with Crippen LogP contribution in [0.25, 0.3) is 10.2 Å². The Morgan fingerprint density at radius 1 is 1.38 bits per heavy atom. The number of amides is 1. The van der Waals surface area contributed by atoms with Gasteiger partial charge < -0.3 is 0 Å². The Morgan fingerprint density at radius 3 is 2.96 bits per heavy atom. The Balaban J connectivity index is 1.54. The molecule has 0 fully saturated rings. The van der Waals surface area contributed by atoms with Crippen molar-refractivity contribution in [2.75, 3.05) is 5.75 Å². The highest BCUT2D eigenvalue weighted by molar-refractivity contribution is 8.01. The van der Waals surface area contributed by atoms with E-state index in [-0.39, 0.29) is 17.3 Å². The van der Waals surface area contributed by atoms with Crippen LogP contribution in [0.3, 0.4) is 0 Å². The first-order valence-corrected chi connectivity index (χ1v) is 9.38. The first kappa shape index (κ1) is 18.0. The molecule has 0 saturated carbocycles. The van der Waals surface area contributed by atoms with Gasteiger partial charge in [0.05, 0.1) is 27.1 Å². The third-order valence-corrected chi connectivity index (χ3v) is 5.61. The molecule has 2 aromatic carbocycles. The Labute approximate surface area is 157 Å². The van der Waals surface area contributed by atoms with E-state index >= 15 is 0 Å². The molecule has 26 heavy (non-hydrogen) atoms. The predicted molar refractivity (Wildman–Crippen MR) is 104 cm³/mol. The van der Waals surface area contributed by atoms with Crippen LogP contribution in [-0.4, -0.2) is 27.8 Å². The summed E-state index contributed by atoms with van der Waals surface area (Å²) in [6.07, 6.45) is 1.38. The zero-order chi connectivity index (χ0) is 18.5. The van der Waals surface area contributed by atoms with Crippen LogP contribution < -0.4 is 5.43 Å².